The number of hydrogen-bond acceptors (Lipinski definition) is 5. The van der Waals surface area contributed by atoms with Crippen molar-refractivity contribution < 1.29 is 13.6 Å². The van der Waals surface area contributed by atoms with Crippen LogP contribution in [0.2, 0.25) is 0 Å². The van der Waals surface area contributed by atoms with Gasteiger partial charge in [-0.15, -0.1) is 0 Å². The summed E-state index contributed by atoms with van der Waals surface area (Å²) in [5.41, 5.74) is 0.838. The van der Waals surface area contributed by atoms with Gasteiger partial charge in [0.25, 0.3) is 0 Å². The van der Waals surface area contributed by atoms with E-state index in [4.69, 9.17) is 0 Å². The van der Waals surface area contributed by atoms with E-state index < -0.39 is 11.6 Å². The molecule has 1 saturated heterocycles. The van der Waals surface area contributed by atoms with Gasteiger partial charge in [0.05, 0.1) is 11.6 Å². The van der Waals surface area contributed by atoms with Gasteiger partial charge in [-0.1, -0.05) is 11.3 Å². The number of anilines is 2. The van der Waals surface area contributed by atoms with E-state index >= 15 is 0 Å². The Morgan fingerprint density at radius 3 is 3.00 bits per heavy atom. The highest BCUT2D eigenvalue weighted by Gasteiger charge is 2.28. The second-order valence-electron chi connectivity index (χ2n) is 6.22. The van der Waals surface area contributed by atoms with Crippen molar-refractivity contribution in [3.05, 3.63) is 48.2 Å². The van der Waals surface area contributed by atoms with Crippen LogP contribution in [0.1, 0.15) is 12.8 Å². The molecule has 5 nitrogen and oxygen atoms in total. The summed E-state index contributed by atoms with van der Waals surface area (Å²) in [6.07, 6.45) is 3.29. The molecule has 134 valence electrons. The standard InChI is InChI=1S/C18H16F2N4OS/c19-12-5-6-14(13(20)9-12)22-16(25)11-3-2-8-24(10-11)18-23-15-4-1-7-21-17(15)26-18/h1,4-7,9,11H,2-3,8,10H2,(H,22,25). The van der Waals surface area contributed by atoms with Crippen molar-refractivity contribution in [2.24, 2.45) is 5.92 Å². The minimum absolute atomic E-state index is 0.00212. The third-order valence-electron chi connectivity index (χ3n) is 4.41. The molecule has 1 fully saturated rings. The van der Waals surface area contributed by atoms with E-state index in [0.717, 1.165) is 40.6 Å². The maximum Gasteiger partial charge on any atom is 0.229 e. The smallest absolute Gasteiger partial charge is 0.229 e. The van der Waals surface area contributed by atoms with Crippen LogP contribution < -0.4 is 10.2 Å². The average Bonchev–Trinajstić information content (AvgIpc) is 3.08. The first-order valence-corrected chi connectivity index (χ1v) is 9.14. The number of fused-ring (bicyclic) bond motifs is 1. The lowest BCUT2D eigenvalue weighted by Crippen LogP contribution is -2.40. The second-order valence-corrected chi connectivity index (χ2v) is 7.18. The summed E-state index contributed by atoms with van der Waals surface area (Å²) in [4.78, 5) is 24.3. The first-order chi connectivity index (χ1) is 12.6. The van der Waals surface area contributed by atoms with Gasteiger partial charge in [0.2, 0.25) is 5.91 Å². The van der Waals surface area contributed by atoms with Crippen LogP contribution in [0, 0.1) is 17.6 Å². The quantitative estimate of drug-likeness (QED) is 0.757. The molecular formula is C18H16F2N4OS. The number of rotatable bonds is 3. The third kappa shape index (κ3) is 3.37. The average molecular weight is 374 g/mol. The SMILES string of the molecule is O=C(Nc1ccc(F)cc1F)C1CCCN(c2nc3cccnc3s2)C1. The van der Waals surface area contributed by atoms with Gasteiger partial charge in [-0.2, -0.15) is 0 Å². The molecule has 1 aromatic carbocycles. The summed E-state index contributed by atoms with van der Waals surface area (Å²) in [6.45, 7) is 1.32. The molecule has 0 bridgehead atoms. The van der Waals surface area contributed by atoms with E-state index in [1.807, 2.05) is 12.1 Å². The molecule has 8 heteroatoms. The van der Waals surface area contributed by atoms with E-state index in [2.05, 4.69) is 20.2 Å². The second kappa shape index (κ2) is 6.95. The summed E-state index contributed by atoms with van der Waals surface area (Å²) < 4.78 is 26.8. The van der Waals surface area contributed by atoms with Crippen molar-refractivity contribution in [1.82, 2.24) is 9.97 Å². The largest absolute Gasteiger partial charge is 0.347 e. The first kappa shape index (κ1) is 16.8. The van der Waals surface area contributed by atoms with Crippen LogP contribution in [0.25, 0.3) is 10.3 Å². The van der Waals surface area contributed by atoms with E-state index in [0.29, 0.717) is 13.0 Å². The molecule has 0 saturated carbocycles. The number of hydrogen-bond donors (Lipinski definition) is 1. The number of piperidine rings is 1. The number of carbonyl (C=O) groups is 1. The molecule has 26 heavy (non-hydrogen) atoms. The van der Waals surface area contributed by atoms with Crippen LogP contribution in [0.4, 0.5) is 19.6 Å². The number of pyridine rings is 1. The Balaban J connectivity index is 1.48. The lowest BCUT2D eigenvalue weighted by atomic mass is 9.97. The molecule has 0 aliphatic carbocycles. The van der Waals surface area contributed by atoms with Crippen LogP contribution in [0.5, 0.6) is 0 Å². The Kier molecular flexibility index (Phi) is 4.50. The van der Waals surface area contributed by atoms with Crippen molar-refractivity contribution in [3.8, 4) is 0 Å². The summed E-state index contributed by atoms with van der Waals surface area (Å²) >= 11 is 1.50. The normalized spacial score (nSPS) is 17.5. The Morgan fingerprint density at radius 2 is 2.19 bits per heavy atom. The van der Waals surface area contributed by atoms with Crippen LogP contribution in [-0.4, -0.2) is 29.0 Å². The number of aromatic nitrogens is 2. The maximum absolute atomic E-state index is 13.8. The fourth-order valence-electron chi connectivity index (χ4n) is 3.08. The lowest BCUT2D eigenvalue weighted by molar-refractivity contribution is -0.120. The van der Waals surface area contributed by atoms with Gasteiger partial charge < -0.3 is 10.2 Å². The number of nitrogens with zero attached hydrogens (tertiary/aromatic N) is 3. The highest BCUT2D eigenvalue weighted by atomic mass is 32.1. The number of carbonyl (C=O) groups excluding carboxylic acids is 1. The van der Waals surface area contributed by atoms with Crippen molar-refractivity contribution in [2.75, 3.05) is 23.3 Å². The molecule has 1 amide bonds. The van der Waals surface area contributed by atoms with Gasteiger partial charge in [-0.3, -0.25) is 4.79 Å². The van der Waals surface area contributed by atoms with Crippen LogP contribution in [0.15, 0.2) is 36.5 Å². The predicted octanol–water partition coefficient (Wildman–Crippen LogP) is 3.82. The van der Waals surface area contributed by atoms with Gasteiger partial charge >= 0.3 is 0 Å². The number of benzene rings is 1. The molecular weight excluding hydrogens is 358 g/mol. The topological polar surface area (TPSA) is 58.1 Å². The van der Waals surface area contributed by atoms with Gasteiger partial charge in [0, 0.05) is 25.4 Å². The Labute approximate surface area is 152 Å². The van der Waals surface area contributed by atoms with Crippen molar-refractivity contribution in [3.63, 3.8) is 0 Å². The zero-order valence-electron chi connectivity index (χ0n) is 13.8. The minimum Gasteiger partial charge on any atom is -0.347 e. The van der Waals surface area contributed by atoms with Crippen molar-refractivity contribution >= 4 is 38.4 Å². The highest BCUT2D eigenvalue weighted by Crippen LogP contribution is 2.30. The van der Waals surface area contributed by atoms with E-state index in [1.165, 1.54) is 17.4 Å². The van der Waals surface area contributed by atoms with Gasteiger partial charge in [-0.25, -0.2) is 18.7 Å². The molecule has 1 aliphatic heterocycles. The fraction of sp³-hybridized carbons (Fsp3) is 0.278. The van der Waals surface area contributed by atoms with E-state index in [1.54, 1.807) is 6.20 Å². The maximum atomic E-state index is 13.8. The Hall–Kier alpha value is -2.61. The summed E-state index contributed by atoms with van der Waals surface area (Å²) in [7, 11) is 0. The van der Waals surface area contributed by atoms with Gasteiger partial charge in [0.1, 0.15) is 22.0 Å². The fourth-order valence-corrected chi connectivity index (χ4v) is 4.03. The van der Waals surface area contributed by atoms with Crippen LogP contribution >= 0.6 is 11.3 Å². The molecule has 0 spiro atoms. The molecule has 3 heterocycles. The van der Waals surface area contributed by atoms with E-state index in [9.17, 15) is 13.6 Å². The third-order valence-corrected chi connectivity index (χ3v) is 5.45. The number of amides is 1. The number of thiazole rings is 1. The van der Waals surface area contributed by atoms with Gasteiger partial charge in [-0.05, 0) is 37.1 Å². The van der Waals surface area contributed by atoms with Crippen LogP contribution in [0.3, 0.4) is 0 Å². The van der Waals surface area contributed by atoms with E-state index in [-0.39, 0.29) is 17.5 Å². The lowest BCUT2D eigenvalue weighted by Gasteiger charge is -2.31. The summed E-state index contributed by atoms with van der Waals surface area (Å²) in [5, 5.41) is 3.41. The molecule has 1 aliphatic rings. The number of nitrogens with one attached hydrogen (secondary N) is 1. The minimum atomic E-state index is -0.775. The van der Waals surface area contributed by atoms with Crippen LogP contribution in [-0.2, 0) is 4.79 Å². The zero-order valence-corrected chi connectivity index (χ0v) is 14.6. The molecule has 1 N–H and O–H groups in total. The predicted molar refractivity (Wildman–Crippen MR) is 97.3 cm³/mol. The number of halogens is 2. The summed E-state index contributed by atoms with van der Waals surface area (Å²) in [5.74, 6) is -2.00. The first-order valence-electron chi connectivity index (χ1n) is 8.32. The Bertz CT molecular complexity index is 928. The van der Waals surface area contributed by atoms with Crippen molar-refractivity contribution in [1.29, 1.82) is 0 Å². The molecule has 3 aromatic rings. The zero-order chi connectivity index (χ0) is 18.1. The molecule has 2 aromatic heterocycles. The highest BCUT2D eigenvalue weighted by molar-refractivity contribution is 7.21. The summed E-state index contributed by atoms with van der Waals surface area (Å²) in [6, 6.07) is 6.88. The Morgan fingerprint density at radius 1 is 1.31 bits per heavy atom. The molecule has 0 radical (unpaired) electrons. The van der Waals surface area contributed by atoms with Crippen molar-refractivity contribution in [2.45, 2.75) is 12.8 Å². The monoisotopic (exact) mass is 374 g/mol. The molecule has 1 atom stereocenters. The molecule has 1 unspecified atom stereocenters. The molecule has 4 rings (SSSR count). The van der Waals surface area contributed by atoms with Gasteiger partial charge in [0.15, 0.2) is 5.13 Å².